The van der Waals surface area contributed by atoms with E-state index in [-0.39, 0.29) is 54.9 Å². The van der Waals surface area contributed by atoms with E-state index in [1.165, 1.54) is 16.4 Å². The Balaban J connectivity index is 0.00000507. The summed E-state index contributed by atoms with van der Waals surface area (Å²) in [7, 11) is -3.98. The van der Waals surface area contributed by atoms with Crippen LogP contribution in [0.1, 0.15) is 39.7 Å². The van der Waals surface area contributed by atoms with Crippen LogP contribution in [0.3, 0.4) is 0 Å². The zero-order valence-corrected chi connectivity index (χ0v) is 24.0. The van der Waals surface area contributed by atoms with Gasteiger partial charge in [-0.1, -0.05) is 64.4 Å². The summed E-state index contributed by atoms with van der Waals surface area (Å²) in [5, 5.41) is 14.2. The Labute approximate surface area is 232 Å². The molecule has 0 fully saturated rings. The van der Waals surface area contributed by atoms with E-state index in [2.05, 4.69) is 5.32 Å². The maximum atomic E-state index is 13.7. The summed E-state index contributed by atoms with van der Waals surface area (Å²) in [5.74, 6) is 0.427. The van der Waals surface area contributed by atoms with Gasteiger partial charge in [0.15, 0.2) is 11.5 Å². The average Bonchev–Trinajstić information content (AvgIpc) is 3.35. The third kappa shape index (κ3) is 8.07. The van der Waals surface area contributed by atoms with Gasteiger partial charge in [0.1, 0.15) is 0 Å². The minimum absolute atomic E-state index is 0. The molecule has 2 aromatic rings. The Hall–Kier alpha value is -2.37. The maximum Gasteiger partial charge on any atom is 0.243 e. The highest BCUT2D eigenvalue weighted by Gasteiger charge is 2.33. The molecule has 11 heteroatoms. The molecule has 0 bridgehead atoms. The molecule has 0 aromatic heterocycles. The maximum absolute atomic E-state index is 13.7. The van der Waals surface area contributed by atoms with Crippen LogP contribution in [0, 0.1) is 11.8 Å². The molecule has 0 saturated carbocycles. The molecule has 0 radical (unpaired) electrons. The highest BCUT2D eigenvalue weighted by molar-refractivity contribution is 7.89. The molecule has 0 spiro atoms. The van der Waals surface area contributed by atoms with Crippen molar-refractivity contribution in [1.82, 2.24) is 9.62 Å². The van der Waals surface area contributed by atoms with Crippen LogP contribution in [0.4, 0.5) is 0 Å². The van der Waals surface area contributed by atoms with Gasteiger partial charge in [-0.3, -0.25) is 4.79 Å². The minimum atomic E-state index is -3.98. The van der Waals surface area contributed by atoms with Crippen LogP contribution in [0.15, 0.2) is 53.4 Å². The highest BCUT2D eigenvalue weighted by atomic mass is 35.5. The number of carbonyl (C=O) groups excluding carboxylic acids is 1. The molecule has 212 valence electrons. The van der Waals surface area contributed by atoms with E-state index in [4.69, 9.17) is 15.2 Å². The third-order valence-corrected chi connectivity index (χ3v) is 8.42. The number of rotatable bonds is 13. The number of halogens is 1. The van der Waals surface area contributed by atoms with Crippen molar-refractivity contribution in [3.8, 4) is 11.5 Å². The second kappa shape index (κ2) is 14.1. The minimum Gasteiger partial charge on any atom is -0.454 e. The SMILES string of the molecule is CCC(C)[C@H](N)C(=O)N[C@@H](Cc1ccccc1)[C@H](O)CN(CC(C)C)S(=O)(=O)c1ccc2c(c1)OCO2.Cl. The fourth-order valence-corrected chi connectivity index (χ4v) is 5.78. The van der Waals surface area contributed by atoms with Gasteiger partial charge in [0.25, 0.3) is 0 Å². The number of carbonyl (C=O) groups is 1. The monoisotopic (exact) mass is 569 g/mol. The van der Waals surface area contributed by atoms with E-state index in [1.54, 1.807) is 6.07 Å². The number of aliphatic hydroxyl groups is 1. The van der Waals surface area contributed by atoms with Crippen LogP contribution >= 0.6 is 12.4 Å². The van der Waals surface area contributed by atoms with Gasteiger partial charge in [-0.25, -0.2) is 8.42 Å². The highest BCUT2D eigenvalue weighted by Crippen LogP contribution is 2.34. The molecule has 4 atom stereocenters. The Kier molecular flexibility index (Phi) is 11.8. The molecule has 1 amide bonds. The second-order valence-corrected chi connectivity index (χ2v) is 12.0. The fraction of sp³-hybridized carbons (Fsp3) is 0.519. The fourth-order valence-electron chi connectivity index (χ4n) is 4.14. The van der Waals surface area contributed by atoms with Gasteiger partial charge in [0.2, 0.25) is 22.7 Å². The zero-order chi connectivity index (χ0) is 27.2. The lowest BCUT2D eigenvalue weighted by Crippen LogP contribution is -2.55. The van der Waals surface area contributed by atoms with Gasteiger partial charge < -0.3 is 25.6 Å². The van der Waals surface area contributed by atoms with Crippen molar-refractivity contribution in [2.24, 2.45) is 17.6 Å². The molecule has 0 saturated heterocycles. The van der Waals surface area contributed by atoms with E-state index in [9.17, 15) is 18.3 Å². The number of benzene rings is 2. The summed E-state index contributed by atoms with van der Waals surface area (Å²) >= 11 is 0. The number of nitrogens with one attached hydrogen (secondary N) is 1. The molecule has 1 aliphatic heterocycles. The topological polar surface area (TPSA) is 131 Å². The molecule has 38 heavy (non-hydrogen) atoms. The lowest BCUT2D eigenvalue weighted by Gasteiger charge is -2.31. The van der Waals surface area contributed by atoms with Crippen LogP contribution < -0.4 is 20.5 Å². The van der Waals surface area contributed by atoms with E-state index >= 15 is 0 Å². The van der Waals surface area contributed by atoms with Crippen LogP contribution in [0.5, 0.6) is 11.5 Å². The number of fused-ring (bicyclic) bond motifs is 1. The smallest absolute Gasteiger partial charge is 0.243 e. The van der Waals surface area contributed by atoms with Crippen LogP contribution in [0.2, 0.25) is 0 Å². The summed E-state index contributed by atoms with van der Waals surface area (Å²) in [6, 6.07) is 12.4. The number of sulfonamides is 1. The van der Waals surface area contributed by atoms with E-state index in [0.29, 0.717) is 17.9 Å². The molecule has 1 heterocycles. The Morgan fingerprint density at radius 1 is 1.08 bits per heavy atom. The Morgan fingerprint density at radius 3 is 2.37 bits per heavy atom. The van der Waals surface area contributed by atoms with Crippen molar-refractivity contribution in [2.75, 3.05) is 19.9 Å². The number of aliphatic hydroxyl groups excluding tert-OH is 1. The zero-order valence-electron chi connectivity index (χ0n) is 22.4. The number of amides is 1. The van der Waals surface area contributed by atoms with E-state index in [1.807, 2.05) is 58.0 Å². The van der Waals surface area contributed by atoms with Crippen molar-refractivity contribution >= 4 is 28.3 Å². The van der Waals surface area contributed by atoms with Gasteiger partial charge >= 0.3 is 0 Å². The Bertz CT molecular complexity index is 1150. The molecule has 0 aliphatic carbocycles. The van der Waals surface area contributed by atoms with Gasteiger partial charge in [-0.05, 0) is 36.0 Å². The molecular weight excluding hydrogens is 530 g/mol. The van der Waals surface area contributed by atoms with Gasteiger partial charge in [0.05, 0.1) is 23.1 Å². The summed E-state index contributed by atoms with van der Waals surface area (Å²) in [6.45, 7) is 7.68. The standard InChI is InChI=1S/C27H39N3O6S.ClH/c1-5-19(4)26(28)27(32)29-22(13-20-9-7-6-8-10-20)23(31)16-30(15-18(2)3)37(33,34)21-11-12-24-25(14-21)36-17-35-24;/h6-12,14,18-19,22-23,26,31H,5,13,15-17,28H2,1-4H3,(H,29,32);1H/t19?,22-,23+,26-;/m0./s1. The van der Waals surface area contributed by atoms with Gasteiger partial charge in [-0.15, -0.1) is 12.4 Å². The molecule has 9 nitrogen and oxygen atoms in total. The van der Waals surface area contributed by atoms with Crippen molar-refractivity contribution in [1.29, 1.82) is 0 Å². The summed E-state index contributed by atoms with van der Waals surface area (Å²) in [4.78, 5) is 13.0. The summed E-state index contributed by atoms with van der Waals surface area (Å²) in [5.41, 5.74) is 7.05. The summed E-state index contributed by atoms with van der Waals surface area (Å²) in [6.07, 6.45) is -0.132. The number of hydrogen-bond donors (Lipinski definition) is 3. The normalized spacial score (nSPS) is 16.0. The summed E-state index contributed by atoms with van der Waals surface area (Å²) < 4.78 is 39.2. The van der Waals surface area contributed by atoms with Crippen LogP contribution in [0.25, 0.3) is 0 Å². The van der Waals surface area contributed by atoms with E-state index in [0.717, 1.165) is 12.0 Å². The molecule has 4 N–H and O–H groups in total. The Morgan fingerprint density at radius 2 is 1.74 bits per heavy atom. The third-order valence-electron chi connectivity index (χ3n) is 6.59. The first-order chi connectivity index (χ1) is 17.5. The van der Waals surface area contributed by atoms with Crippen LogP contribution in [-0.4, -0.2) is 61.8 Å². The number of hydrogen-bond acceptors (Lipinski definition) is 7. The van der Waals surface area contributed by atoms with Crippen LogP contribution in [-0.2, 0) is 21.2 Å². The van der Waals surface area contributed by atoms with Gasteiger partial charge in [-0.2, -0.15) is 4.31 Å². The predicted molar refractivity (Wildman–Crippen MR) is 149 cm³/mol. The molecule has 1 aliphatic rings. The lowest BCUT2D eigenvalue weighted by atomic mass is 9.97. The van der Waals surface area contributed by atoms with Crippen molar-refractivity contribution in [2.45, 2.75) is 63.6 Å². The first-order valence-corrected chi connectivity index (χ1v) is 14.1. The molecule has 2 aromatic carbocycles. The molecular formula is C27H40ClN3O6S. The lowest BCUT2D eigenvalue weighted by molar-refractivity contribution is -0.125. The number of ether oxygens (including phenoxy) is 2. The predicted octanol–water partition coefficient (Wildman–Crippen LogP) is 2.95. The first kappa shape index (κ1) is 31.8. The van der Waals surface area contributed by atoms with Crippen molar-refractivity contribution in [3.05, 3.63) is 54.1 Å². The van der Waals surface area contributed by atoms with E-state index < -0.39 is 28.2 Å². The number of nitrogens with zero attached hydrogens (tertiary/aromatic N) is 1. The molecule has 3 rings (SSSR count). The van der Waals surface area contributed by atoms with Crippen molar-refractivity contribution < 1.29 is 27.8 Å². The van der Waals surface area contributed by atoms with Gasteiger partial charge in [0, 0.05) is 19.2 Å². The average molecular weight is 570 g/mol. The number of nitrogens with two attached hydrogens (primary N) is 1. The quantitative estimate of drug-likeness (QED) is 0.338. The first-order valence-electron chi connectivity index (χ1n) is 12.7. The molecule has 1 unspecified atom stereocenters. The van der Waals surface area contributed by atoms with Crippen molar-refractivity contribution in [3.63, 3.8) is 0 Å². The second-order valence-electron chi connectivity index (χ2n) is 10.0. The largest absolute Gasteiger partial charge is 0.454 e.